The molecule has 0 aliphatic rings. The van der Waals surface area contributed by atoms with Gasteiger partial charge >= 0.3 is 0 Å². The van der Waals surface area contributed by atoms with Gasteiger partial charge in [0.1, 0.15) is 11.6 Å². The van der Waals surface area contributed by atoms with E-state index in [4.69, 9.17) is 5.73 Å². The molecule has 18 heavy (non-hydrogen) atoms. The maximum Gasteiger partial charge on any atom is 0.231 e. The number of phenols is 1. The lowest BCUT2D eigenvalue weighted by Gasteiger charge is -2.32. The predicted molar refractivity (Wildman–Crippen MR) is 67.5 cm³/mol. The number of nitrogens with two attached hydrogens (primary N) is 1. The summed E-state index contributed by atoms with van der Waals surface area (Å²) in [5.74, 6) is -0.858. The zero-order valence-electron chi connectivity index (χ0n) is 10.9. The number of benzene rings is 1. The van der Waals surface area contributed by atoms with Crippen molar-refractivity contribution in [3.63, 3.8) is 0 Å². The van der Waals surface area contributed by atoms with Crippen LogP contribution >= 0.6 is 0 Å². The van der Waals surface area contributed by atoms with Crippen molar-refractivity contribution >= 4 is 5.91 Å². The van der Waals surface area contributed by atoms with Crippen LogP contribution in [0.1, 0.15) is 32.4 Å². The molecule has 0 radical (unpaired) electrons. The van der Waals surface area contributed by atoms with Crippen LogP contribution in [0, 0.1) is 5.82 Å². The fourth-order valence-electron chi connectivity index (χ4n) is 1.99. The summed E-state index contributed by atoms with van der Waals surface area (Å²) in [6.45, 7) is 5.69. The Labute approximate surface area is 106 Å². The van der Waals surface area contributed by atoms with Crippen molar-refractivity contribution in [3.05, 3.63) is 29.6 Å². The summed E-state index contributed by atoms with van der Waals surface area (Å²) in [5, 5.41) is 9.76. The molecule has 0 heterocycles. The number of phenolic OH excluding ortho intramolecular Hbond substituents is 1. The van der Waals surface area contributed by atoms with E-state index in [9.17, 15) is 14.3 Å². The van der Waals surface area contributed by atoms with Gasteiger partial charge in [0.25, 0.3) is 0 Å². The molecular formula is C13H19FN2O2. The first-order valence-corrected chi connectivity index (χ1v) is 5.85. The smallest absolute Gasteiger partial charge is 0.231 e. The van der Waals surface area contributed by atoms with E-state index < -0.39 is 11.7 Å². The summed E-state index contributed by atoms with van der Waals surface area (Å²) in [7, 11) is 0. The average molecular weight is 254 g/mol. The molecule has 0 fully saturated rings. The van der Waals surface area contributed by atoms with Crippen molar-refractivity contribution in [2.45, 2.75) is 32.9 Å². The lowest BCUT2D eigenvalue weighted by Crippen LogP contribution is -2.40. The highest BCUT2D eigenvalue weighted by Crippen LogP contribution is 2.30. The third-order valence-corrected chi connectivity index (χ3v) is 2.94. The van der Waals surface area contributed by atoms with E-state index in [1.165, 1.54) is 18.2 Å². The molecule has 100 valence electrons. The normalized spacial score (nSPS) is 13.0. The molecule has 0 saturated heterocycles. The first-order chi connectivity index (χ1) is 8.32. The number of carbonyl (C=O) groups is 1. The van der Waals surface area contributed by atoms with Gasteiger partial charge in [-0.15, -0.1) is 0 Å². The number of hydrogen-bond donors (Lipinski definition) is 2. The van der Waals surface area contributed by atoms with E-state index in [1.54, 1.807) is 11.8 Å². The lowest BCUT2D eigenvalue weighted by atomic mass is 10.0. The lowest BCUT2D eigenvalue weighted by molar-refractivity contribution is -0.120. The monoisotopic (exact) mass is 254 g/mol. The highest BCUT2D eigenvalue weighted by atomic mass is 19.1. The first-order valence-electron chi connectivity index (χ1n) is 5.85. The number of carbonyl (C=O) groups excluding carboxylic acids is 1. The number of aromatic hydroxyl groups is 1. The van der Waals surface area contributed by atoms with Gasteiger partial charge in [0.05, 0.1) is 6.54 Å². The highest BCUT2D eigenvalue weighted by molar-refractivity contribution is 5.76. The standard InChI is InChI=1S/C13H19FN2O2/c1-8(2)16(7-13(15)18)9(3)11-6-10(14)4-5-12(11)17/h4-6,8-9,17H,7H2,1-3H3,(H2,15,18). The van der Waals surface area contributed by atoms with Gasteiger partial charge in [-0.05, 0) is 39.0 Å². The Balaban J connectivity index is 3.04. The fraction of sp³-hybridized carbons (Fsp3) is 0.462. The van der Waals surface area contributed by atoms with Crippen molar-refractivity contribution in [3.8, 4) is 5.75 Å². The van der Waals surface area contributed by atoms with Gasteiger partial charge in [-0.1, -0.05) is 0 Å². The zero-order chi connectivity index (χ0) is 13.9. The molecule has 0 bridgehead atoms. The molecule has 1 amide bonds. The van der Waals surface area contributed by atoms with Crippen LogP contribution in [0.2, 0.25) is 0 Å². The second kappa shape index (κ2) is 5.82. The molecule has 1 rings (SSSR count). The number of amides is 1. The predicted octanol–water partition coefficient (Wildman–Crippen LogP) is 1.79. The van der Waals surface area contributed by atoms with E-state index in [-0.39, 0.29) is 24.4 Å². The minimum Gasteiger partial charge on any atom is -0.508 e. The van der Waals surface area contributed by atoms with Crippen molar-refractivity contribution in [2.75, 3.05) is 6.54 Å². The highest BCUT2D eigenvalue weighted by Gasteiger charge is 2.23. The molecule has 4 nitrogen and oxygen atoms in total. The van der Waals surface area contributed by atoms with E-state index in [0.29, 0.717) is 5.56 Å². The SMILES string of the molecule is CC(C)N(CC(N)=O)C(C)c1cc(F)ccc1O. The molecule has 1 unspecified atom stereocenters. The molecule has 1 atom stereocenters. The van der Waals surface area contributed by atoms with Gasteiger partial charge < -0.3 is 10.8 Å². The summed E-state index contributed by atoms with van der Waals surface area (Å²) in [6.07, 6.45) is 0. The summed E-state index contributed by atoms with van der Waals surface area (Å²) in [6, 6.07) is 3.53. The quantitative estimate of drug-likeness (QED) is 0.841. The molecule has 1 aromatic carbocycles. The molecule has 1 aromatic rings. The van der Waals surface area contributed by atoms with Gasteiger partial charge in [0, 0.05) is 17.6 Å². The van der Waals surface area contributed by atoms with Crippen LogP contribution < -0.4 is 5.73 Å². The van der Waals surface area contributed by atoms with Gasteiger partial charge in [-0.25, -0.2) is 4.39 Å². The fourth-order valence-corrected chi connectivity index (χ4v) is 1.99. The molecule has 0 aliphatic heterocycles. The Hall–Kier alpha value is -1.62. The summed E-state index contributed by atoms with van der Waals surface area (Å²) < 4.78 is 13.2. The third-order valence-electron chi connectivity index (χ3n) is 2.94. The van der Waals surface area contributed by atoms with Crippen LogP contribution in [0.15, 0.2) is 18.2 Å². The van der Waals surface area contributed by atoms with Gasteiger partial charge in [0.15, 0.2) is 0 Å². The second-order valence-electron chi connectivity index (χ2n) is 4.61. The molecule has 0 aliphatic carbocycles. The second-order valence-corrected chi connectivity index (χ2v) is 4.61. The van der Waals surface area contributed by atoms with Crippen LogP contribution in [0.3, 0.4) is 0 Å². The van der Waals surface area contributed by atoms with Crippen molar-refractivity contribution in [1.29, 1.82) is 0 Å². The molecule has 3 N–H and O–H groups in total. The van der Waals surface area contributed by atoms with Crippen molar-refractivity contribution in [2.24, 2.45) is 5.73 Å². The molecule has 0 aromatic heterocycles. The van der Waals surface area contributed by atoms with Crippen LogP contribution in [0.5, 0.6) is 5.75 Å². The summed E-state index contributed by atoms with van der Waals surface area (Å²) >= 11 is 0. The molecular weight excluding hydrogens is 235 g/mol. The molecule has 5 heteroatoms. The largest absolute Gasteiger partial charge is 0.508 e. The van der Waals surface area contributed by atoms with Crippen LogP contribution in [0.4, 0.5) is 4.39 Å². The van der Waals surface area contributed by atoms with E-state index in [1.807, 2.05) is 13.8 Å². The Morgan fingerprint density at radius 2 is 2.06 bits per heavy atom. The maximum atomic E-state index is 13.2. The average Bonchev–Trinajstić information content (AvgIpc) is 2.27. The first kappa shape index (κ1) is 14.4. The number of hydrogen-bond acceptors (Lipinski definition) is 3. The maximum absolute atomic E-state index is 13.2. The van der Waals surface area contributed by atoms with E-state index >= 15 is 0 Å². The molecule has 0 saturated carbocycles. The number of rotatable bonds is 5. The van der Waals surface area contributed by atoms with E-state index in [2.05, 4.69) is 0 Å². The minimum absolute atomic E-state index is 0.0130. The van der Waals surface area contributed by atoms with Crippen LogP contribution in [0.25, 0.3) is 0 Å². The number of nitrogens with zero attached hydrogens (tertiary/aromatic N) is 1. The third kappa shape index (κ3) is 3.43. The van der Waals surface area contributed by atoms with E-state index in [0.717, 1.165) is 0 Å². The minimum atomic E-state index is -0.452. The Morgan fingerprint density at radius 1 is 1.44 bits per heavy atom. The Kier molecular flexibility index (Phi) is 4.67. The Morgan fingerprint density at radius 3 is 2.56 bits per heavy atom. The van der Waals surface area contributed by atoms with Gasteiger partial charge in [-0.3, -0.25) is 9.69 Å². The van der Waals surface area contributed by atoms with Gasteiger partial charge in [-0.2, -0.15) is 0 Å². The van der Waals surface area contributed by atoms with Gasteiger partial charge in [0.2, 0.25) is 5.91 Å². The topological polar surface area (TPSA) is 66.6 Å². The Bertz CT molecular complexity index is 435. The number of primary amides is 1. The van der Waals surface area contributed by atoms with Crippen molar-refractivity contribution < 1.29 is 14.3 Å². The summed E-state index contributed by atoms with van der Waals surface area (Å²) in [4.78, 5) is 12.8. The van der Waals surface area contributed by atoms with Crippen molar-refractivity contribution in [1.82, 2.24) is 4.90 Å². The zero-order valence-corrected chi connectivity index (χ0v) is 10.9. The summed E-state index contributed by atoms with van der Waals surface area (Å²) in [5.41, 5.74) is 5.65. The van der Waals surface area contributed by atoms with Crippen LogP contribution in [-0.4, -0.2) is 28.5 Å². The molecule has 0 spiro atoms. The number of halogens is 1. The van der Waals surface area contributed by atoms with Crippen LogP contribution in [-0.2, 0) is 4.79 Å².